The van der Waals surface area contributed by atoms with Gasteiger partial charge >= 0.3 is 5.97 Å². The molecule has 0 aliphatic heterocycles. The van der Waals surface area contributed by atoms with Crippen LogP contribution in [-0.2, 0) is 15.3 Å². The van der Waals surface area contributed by atoms with E-state index >= 15 is 0 Å². The zero-order chi connectivity index (χ0) is 15.8. The summed E-state index contributed by atoms with van der Waals surface area (Å²) < 4.78 is 10.7. The minimum absolute atomic E-state index is 0.109. The van der Waals surface area contributed by atoms with Crippen LogP contribution in [0.15, 0.2) is 28.7 Å². The van der Waals surface area contributed by atoms with Gasteiger partial charge in [-0.2, -0.15) is 0 Å². The maximum Gasteiger partial charge on any atom is 0.314 e. The van der Waals surface area contributed by atoms with Crippen LogP contribution in [0.4, 0.5) is 0 Å². The number of nitrogens with two attached hydrogens (primary N) is 1. The van der Waals surface area contributed by atoms with Crippen molar-refractivity contribution < 1.29 is 19.1 Å². The number of fused-ring (bicyclic) bond motifs is 1. The van der Waals surface area contributed by atoms with E-state index in [1.54, 1.807) is 45.0 Å². The highest BCUT2D eigenvalue weighted by Gasteiger charge is 2.42. The van der Waals surface area contributed by atoms with E-state index in [0.29, 0.717) is 11.1 Å². The molecular weight excluding hydrogens is 272 g/mol. The fourth-order valence-corrected chi connectivity index (χ4v) is 1.80. The molecule has 0 saturated carbocycles. The lowest BCUT2D eigenvalue weighted by atomic mass is 9.98. The van der Waals surface area contributed by atoms with Crippen LogP contribution < -0.4 is 5.73 Å². The highest BCUT2D eigenvalue weighted by Crippen LogP contribution is 2.28. The van der Waals surface area contributed by atoms with E-state index in [9.17, 15) is 9.90 Å². The van der Waals surface area contributed by atoms with Gasteiger partial charge in [-0.05, 0) is 39.8 Å². The van der Waals surface area contributed by atoms with Gasteiger partial charge in [-0.15, -0.1) is 0 Å². The number of hydrogen-bond donors (Lipinski definition) is 2. The molecule has 0 aliphatic rings. The molecule has 0 radical (unpaired) electrons. The Morgan fingerprint density at radius 3 is 2.57 bits per heavy atom. The molecule has 114 valence electrons. The Hall–Kier alpha value is -1.92. The topological polar surface area (TPSA) is 98.6 Å². The molecule has 6 heteroatoms. The van der Waals surface area contributed by atoms with E-state index in [2.05, 4.69) is 4.98 Å². The maximum atomic E-state index is 12.1. The Kier molecular flexibility index (Phi) is 3.78. The number of benzene rings is 1. The van der Waals surface area contributed by atoms with Crippen LogP contribution in [0.3, 0.4) is 0 Å². The number of ether oxygens (including phenoxy) is 1. The first-order valence-corrected chi connectivity index (χ1v) is 6.71. The summed E-state index contributed by atoms with van der Waals surface area (Å²) in [6.07, 6.45) is 0. The Morgan fingerprint density at radius 2 is 2.00 bits per heavy atom. The van der Waals surface area contributed by atoms with E-state index in [1.807, 2.05) is 0 Å². The van der Waals surface area contributed by atoms with Crippen molar-refractivity contribution in [2.75, 3.05) is 0 Å². The lowest BCUT2D eigenvalue weighted by Crippen LogP contribution is -2.48. The zero-order valence-corrected chi connectivity index (χ0v) is 12.6. The number of aliphatic hydroxyl groups is 1. The third-order valence-electron chi connectivity index (χ3n) is 3.06. The normalized spacial score (nSPS) is 16.5. The molecule has 1 unspecified atom stereocenters. The van der Waals surface area contributed by atoms with E-state index in [-0.39, 0.29) is 5.89 Å². The highest BCUT2D eigenvalue weighted by atomic mass is 16.6. The second-order valence-electron chi connectivity index (χ2n) is 6.07. The summed E-state index contributed by atoms with van der Waals surface area (Å²) in [4.78, 5) is 16.2. The predicted octanol–water partition coefficient (Wildman–Crippen LogP) is 1.91. The van der Waals surface area contributed by atoms with Crippen molar-refractivity contribution in [2.45, 2.75) is 39.0 Å². The number of rotatable bonds is 3. The van der Waals surface area contributed by atoms with Crippen molar-refractivity contribution >= 4 is 17.1 Å². The third-order valence-corrected chi connectivity index (χ3v) is 3.06. The van der Waals surface area contributed by atoms with Crippen LogP contribution in [-0.4, -0.2) is 21.7 Å². The maximum absolute atomic E-state index is 12.1. The van der Waals surface area contributed by atoms with Crippen LogP contribution in [0.5, 0.6) is 0 Å². The van der Waals surface area contributed by atoms with E-state index in [1.165, 1.54) is 6.92 Å². The summed E-state index contributed by atoms with van der Waals surface area (Å²) >= 11 is 0. The van der Waals surface area contributed by atoms with Crippen molar-refractivity contribution in [3.05, 3.63) is 30.2 Å². The molecule has 21 heavy (non-hydrogen) atoms. The average molecular weight is 292 g/mol. The molecule has 1 heterocycles. The molecule has 0 saturated heterocycles. The smallest absolute Gasteiger partial charge is 0.314 e. The Bertz CT molecular complexity index is 622. The van der Waals surface area contributed by atoms with Gasteiger partial charge in [0, 0.05) is 0 Å². The number of aromatic nitrogens is 1. The first-order chi connectivity index (χ1) is 9.61. The summed E-state index contributed by atoms with van der Waals surface area (Å²) in [6.45, 7) is 6.70. The molecular formula is C15H20N2O4. The summed E-state index contributed by atoms with van der Waals surface area (Å²) in [5, 5.41) is 10.4. The summed E-state index contributed by atoms with van der Waals surface area (Å²) in [5.41, 5.74) is 4.22. The molecule has 0 amide bonds. The van der Waals surface area contributed by atoms with Crippen molar-refractivity contribution in [1.29, 1.82) is 0 Å². The molecule has 0 spiro atoms. The van der Waals surface area contributed by atoms with Gasteiger partial charge in [0.05, 0.1) is 0 Å². The van der Waals surface area contributed by atoms with Gasteiger partial charge in [0.25, 0.3) is 0 Å². The van der Waals surface area contributed by atoms with E-state index < -0.39 is 23.2 Å². The number of hydrogen-bond acceptors (Lipinski definition) is 6. The molecule has 0 bridgehead atoms. The molecule has 1 aromatic heterocycles. The second kappa shape index (κ2) is 5.13. The summed E-state index contributed by atoms with van der Waals surface area (Å²) in [6, 6.07) is 7.02. The molecule has 2 aromatic rings. The average Bonchev–Trinajstić information content (AvgIpc) is 2.80. The number of esters is 1. The zero-order valence-electron chi connectivity index (χ0n) is 12.6. The minimum atomic E-state index is -2.04. The standard InChI is InChI=1S/C15H20N2O4/c1-9(12(18)21-14(2,3)4)15(16,19)13-17-10-7-5-6-8-11(10)20-13/h5-9,19H,16H2,1-4H3/t9-,15?/m1/s1. The Morgan fingerprint density at radius 1 is 1.38 bits per heavy atom. The number of nitrogens with zero attached hydrogens (tertiary/aromatic N) is 1. The van der Waals surface area contributed by atoms with Crippen molar-refractivity contribution in [1.82, 2.24) is 4.98 Å². The van der Waals surface area contributed by atoms with Crippen molar-refractivity contribution in [3.8, 4) is 0 Å². The molecule has 1 aromatic carbocycles. The van der Waals surface area contributed by atoms with Gasteiger partial charge in [-0.3, -0.25) is 10.5 Å². The van der Waals surface area contributed by atoms with Crippen LogP contribution >= 0.6 is 0 Å². The Balaban J connectivity index is 2.29. The van der Waals surface area contributed by atoms with Gasteiger partial charge in [0.1, 0.15) is 17.0 Å². The van der Waals surface area contributed by atoms with Crippen LogP contribution in [0.25, 0.3) is 11.1 Å². The van der Waals surface area contributed by atoms with Gasteiger partial charge in [0.15, 0.2) is 5.58 Å². The van der Waals surface area contributed by atoms with Crippen LogP contribution in [0.2, 0.25) is 0 Å². The Labute approximate surface area is 122 Å². The number of oxazole rings is 1. The van der Waals surface area contributed by atoms with Crippen molar-refractivity contribution in [2.24, 2.45) is 11.7 Å². The first kappa shape index (κ1) is 15.5. The summed E-state index contributed by atoms with van der Waals surface area (Å²) in [5.74, 6) is -1.75. The van der Waals surface area contributed by atoms with E-state index in [0.717, 1.165) is 0 Å². The van der Waals surface area contributed by atoms with Gasteiger partial charge < -0.3 is 14.3 Å². The van der Waals surface area contributed by atoms with Gasteiger partial charge in [-0.1, -0.05) is 12.1 Å². The quantitative estimate of drug-likeness (QED) is 0.662. The minimum Gasteiger partial charge on any atom is -0.460 e. The SMILES string of the molecule is C[C@H](C(=O)OC(C)(C)C)C(N)(O)c1nc2ccccc2o1. The molecule has 3 N–H and O–H groups in total. The highest BCUT2D eigenvalue weighted by molar-refractivity contribution is 5.75. The largest absolute Gasteiger partial charge is 0.460 e. The predicted molar refractivity (Wildman–Crippen MR) is 77.1 cm³/mol. The fourth-order valence-electron chi connectivity index (χ4n) is 1.80. The molecule has 0 aliphatic carbocycles. The van der Waals surface area contributed by atoms with Gasteiger partial charge in [0.2, 0.25) is 11.6 Å². The van der Waals surface area contributed by atoms with Crippen molar-refractivity contribution in [3.63, 3.8) is 0 Å². The van der Waals surface area contributed by atoms with Crippen LogP contribution in [0.1, 0.15) is 33.6 Å². The monoisotopic (exact) mass is 292 g/mol. The molecule has 2 atom stereocenters. The summed E-state index contributed by atoms with van der Waals surface area (Å²) in [7, 11) is 0. The number of carbonyl (C=O) groups is 1. The van der Waals surface area contributed by atoms with Crippen LogP contribution in [0, 0.1) is 5.92 Å². The van der Waals surface area contributed by atoms with Gasteiger partial charge in [-0.25, -0.2) is 4.98 Å². The molecule has 6 nitrogen and oxygen atoms in total. The second-order valence-corrected chi connectivity index (χ2v) is 6.07. The first-order valence-electron chi connectivity index (χ1n) is 6.71. The molecule has 2 rings (SSSR count). The number of para-hydroxylation sites is 2. The number of carbonyl (C=O) groups excluding carboxylic acids is 1. The third kappa shape index (κ3) is 3.22. The van der Waals surface area contributed by atoms with E-state index in [4.69, 9.17) is 14.9 Å². The lowest BCUT2D eigenvalue weighted by Gasteiger charge is -2.28. The lowest BCUT2D eigenvalue weighted by molar-refractivity contribution is -0.171. The molecule has 0 fully saturated rings. The fraction of sp³-hybridized carbons (Fsp3) is 0.467.